The Balaban J connectivity index is 2.93. The zero-order valence-corrected chi connectivity index (χ0v) is 11.4. The summed E-state index contributed by atoms with van der Waals surface area (Å²) in [6, 6.07) is 0. The summed E-state index contributed by atoms with van der Waals surface area (Å²) in [5.41, 5.74) is 0. The van der Waals surface area contributed by atoms with Crippen LogP contribution in [0.15, 0.2) is 0 Å². The van der Waals surface area contributed by atoms with Gasteiger partial charge < -0.3 is 0 Å². The van der Waals surface area contributed by atoms with Crippen molar-refractivity contribution < 1.29 is 0 Å². The van der Waals surface area contributed by atoms with E-state index in [0.717, 1.165) is 6.42 Å². The van der Waals surface area contributed by atoms with E-state index >= 15 is 0 Å². The Bertz CT molecular complexity index is 170. The molecular formula is C16H29. The summed E-state index contributed by atoms with van der Waals surface area (Å²) in [6.45, 7) is 4.27. The van der Waals surface area contributed by atoms with Crippen molar-refractivity contribution in [2.45, 2.75) is 84.5 Å². The highest BCUT2D eigenvalue weighted by atomic mass is 14.0. The fourth-order valence-corrected chi connectivity index (χ4v) is 1.88. The van der Waals surface area contributed by atoms with Crippen molar-refractivity contribution >= 4 is 0 Å². The number of rotatable bonds is 10. The standard InChI is InChI=1S/C16H29/c1-3-5-7-9-11-13-15-16-14-12-10-8-6-4-2/h3H,4,6,8-16H2,1-2H3. The maximum Gasteiger partial charge on any atom is 0.0309 e. The average molecular weight is 221 g/mol. The van der Waals surface area contributed by atoms with Crippen LogP contribution in [0.4, 0.5) is 0 Å². The molecule has 0 fully saturated rings. The monoisotopic (exact) mass is 221 g/mol. The molecule has 16 heavy (non-hydrogen) atoms. The summed E-state index contributed by atoms with van der Waals surface area (Å²) >= 11 is 0. The van der Waals surface area contributed by atoms with E-state index < -0.39 is 0 Å². The second kappa shape index (κ2) is 14.6. The Kier molecular flexibility index (Phi) is 14.2. The lowest BCUT2D eigenvalue weighted by atomic mass is 10.1. The molecule has 0 spiro atoms. The van der Waals surface area contributed by atoms with Crippen molar-refractivity contribution in [2.75, 3.05) is 0 Å². The van der Waals surface area contributed by atoms with Gasteiger partial charge in [0.2, 0.25) is 0 Å². The smallest absolute Gasteiger partial charge is 0.0309 e. The van der Waals surface area contributed by atoms with E-state index in [4.69, 9.17) is 0 Å². The lowest BCUT2D eigenvalue weighted by Crippen LogP contribution is -1.81. The van der Waals surface area contributed by atoms with E-state index in [9.17, 15) is 0 Å². The van der Waals surface area contributed by atoms with Crippen LogP contribution >= 0.6 is 0 Å². The number of unbranched alkanes of at least 4 members (excludes halogenated alkanes) is 10. The first-order valence-corrected chi connectivity index (χ1v) is 7.18. The normalized spacial score (nSPS) is 9.88. The van der Waals surface area contributed by atoms with Gasteiger partial charge in [-0.3, -0.25) is 0 Å². The van der Waals surface area contributed by atoms with Crippen LogP contribution in [-0.4, -0.2) is 0 Å². The molecule has 0 N–H and O–H groups in total. The van der Waals surface area contributed by atoms with E-state index in [1.54, 1.807) is 0 Å². The first-order valence-electron chi connectivity index (χ1n) is 7.18. The molecule has 0 saturated carbocycles. The molecule has 0 saturated heterocycles. The van der Waals surface area contributed by atoms with Crippen LogP contribution in [0.25, 0.3) is 0 Å². The predicted molar refractivity (Wildman–Crippen MR) is 74.2 cm³/mol. The average Bonchev–Trinajstić information content (AvgIpc) is 2.31. The summed E-state index contributed by atoms with van der Waals surface area (Å²) < 4.78 is 0. The SMILES string of the molecule is C[CH]C#CCCCCCCCCCCCC. The van der Waals surface area contributed by atoms with Crippen molar-refractivity contribution in [3.8, 4) is 11.8 Å². The van der Waals surface area contributed by atoms with Gasteiger partial charge in [-0.05, 0) is 6.42 Å². The highest BCUT2D eigenvalue weighted by Gasteiger charge is 1.91. The van der Waals surface area contributed by atoms with Crippen molar-refractivity contribution in [1.29, 1.82) is 0 Å². The van der Waals surface area contributed by atoms with Crippen molar-refractivity contribution in [3.05, 3.63) is 6.42 Å². The second-order valence-electron chi connectivity index (χ2n) is 4.54. The summed E-state index contributed by atoms with van der Waals surface area (Å²) in [4.78, 5) is 0. The summed E-state index contributed by atoms with van der Waals surface area (Å²) in [5, 5.41) is 0. The molecule has 0 aromatic carbocycles. The molecule has 0 amide bonds. The first kappa shape index (κ1) is 15.6. The van der Waals surface area contributed by atoms with E-state index in [2.05, 4.69) is 18.8 Å². The predicted octanol–water partition coefficient (Wildman–Crippen LogP) is 5.52. The van der Waals surface area contributed by atoms with Crippen LogP contribution in [0.1, 0.15) is 84.5 Å². The van der Waals surface area contributed by atoms with Crippen LogP contribution in [0, 0.1) is 18.3 Å². The molecule has 0 nitrogen and oxygen atoms in total. The van der Waals surface area contributed by atoms with Crippen LogP contribution in [0.2, 0.25) is 0 Å². The molecule has 0 aromatic rings. The fraction of sp³-hybridized carbons (Fsp3) is 0.812. The Morgan fingerprint density at radius 2 is 1.25 bits per heavy atom. The lowest BCUT2D eigenvalue weighted by Gasteiger charge is -2.00. The zero-order valence-electron chi connectivity index (χ0n) is 11.4. The largest absolute Gasteiger partial charge is 0.103 e. The van der Waals surface area contributed by atoms with Gasteiger partial charge in [-0.1, -0.05) is 77.6 Å². The summed E-state index contributed by atoms with van der Waals surface area (Å²) in [7, 11) is 0. The molecule has 0 atom stereocenters. The molecular weight excluding hydrogens is 192 g/mol. The minimum Gasteiger partial charge on any atom is -0.103 e. The molecule has 0 aliphatic rings. The minimum absolute atomic E-state index is 1.08. The van der Waals surface area contributed by atoms with Gasteiger partial charge in [0.05, 0.1) is 0 Å². The van der Waals surface area contributed by atoms with Crippen molar-refractivity contribution in [2.24, 2.45) is 0 Å². The first-order chi connectivity index (χ1) is 7.91. The Morgan fingerprint density at radius 3 is 1.75 bits per heavy atom. The Hall–Kier alpha value is -0.440. The molecule has 0 aromatic heterocycles. The minimum atomic E-state index is 1.08. The maximum absolute atomic E-state index is 3.15. The number of hydrogen-bond donors (Lipinski definition) is 0. The second-order valence-corrected chi connectivity index (χ2v) is 4.54. The highest BCUT2D eigenvalue weighted by Crippen LogP contribution is 2.10. The molecule has 93 valence electrons. The fourth-order valence-electron chi connectivity index (χ4n) is 1.88. The number of hydrogen-bond acceptors (Lipinski definition) is 0. The Labute approximate surface area is 103 Å². The molecule has 0 aliphatic carbocycles. The molecule has 0 aliphatic heterocycles. The van der Waals surface area contributed by atoms with Crippen molar-refractivity contribution in [3.63, 3.8) is 0 Å². The van der Waals surface area contributed by atoms with Crippen molar-refractivity contribution in [1.82, 2.24) is 0 Å². The molecule has 0 rings (SSSR count). The molecule has 0 heteroatoms. The van der Waals surface area contributed by atoms with E-state index in [1.807, 2.05) is 13.3 Å². The van der Waals surface area contributed by atoms with E-state index in [-0.39, 0.29) is 0 Å². The van der Waals surface area contributed by atoms with Crippen LogP contribution < -0.4 is 0 Å². The van der Waals surface area contributed by atoms with Crippen LogP contribution in [0.5, 0.6) is 0 Å². The molecule has 0 unspecified atom stereocenters. The molecule has 1 radical (unpaired) electrons. The highest BCUT2D eigenvalue weighted by molar-refractivity contribution is 5.07. The van der Waals surface area contributed by atoms with Crippen LogP contribution in [0.3, 0.4) is 0 Å². The molecule has 0 heterocycles. The maximum atomic E-state index is 3.15. The summed E-state index contributed by atoms with van der Waals surface area (Å²) in [6.07, 6.45) is 17.1. The van der Waals surface area contributed by atoms with Gasteiger partial charge in [0, 0.05) is 12.8 Å². The van der Waals surface area contributed by atoms with Gasteiger partial charge in [0.15, 0.2) is 0 Å². The van der Waals surface area contributed by atoms with Gasteiger partial charge in [-0.15, -0.1) is 5.92 Å². The molecule has 0 bridgehead atoms. The third-order valence-electron chi connectivity index (χ3n) is 2.90. The van der Waals surface area contributed by atoms with Gasteiger partial charge >= 0.3 is 0 Å². The third kappa shape index (κ3) is 13.6. The van der Waals surface area contributed by atoms with Crippen LogP contribution in [-0.2, 0) is 0 Å². The van der Waals surface area contributed by atoms with E-state index in [1.165, 1.54) is 64.2 Å². The van der Waals surface area contributed by atoms with Gasteiger partial charge in [0.1, 0.15) is 0 Å². The van der Waals surface area contributed by atoms with Gasteiger partial charge in [0.25, 0.3) is 0 Å². The third-order valence-corrected chi connectivity index (χ3v) is 2.90. The van der Waals surface area contributed by atoms with Gasteiger partial charge in [-0.2, -0.15) is 0 Å². The Morgan fingerprint density at radius 1 is 0.750 bits per heavy atom. The van der Waals surface area contributed by atoms with Gasteiger partial charge in [-0.25, -0.2) is 0 Å². The quantitative estimate of drug-likeness (QED) is 0.336. The lowest BCUT2D eigenvalue weighted by molar-refractivity contribution is 0.558. The zero-order chi connectivity index (χ0) is 11.9. The summed E-state index contributed by atoms with van der Waals surface area (Å²) in [5.74, 6) is 6.16. The topological polar surface area (TPSA) is 0 Å². The van der Waals surface area contributed by atoms with E-state index in [0.29, 0.717) is 0 Å².